The summed E-state index contributed by atoms with van der Waals surface area (Å²) in [6.45, 7) is 4.40. The van der Waals surface area contributed by atoms with E-state index in [9.17, 15) is 0 Å². The first kappa shape index (κ1) is 8.54. The van der Waals surface area contributed by atoms with Crippen molar-refractivity contribution >= 4 is 0 Å². The Kier molecular flexibility index (Phi) is 5.38. The summed E-state index contributed by atoms with van der Waals surface area (Å²) in [6.07, 6.45) is 7.47. The third-order valence-corrected chi connectivity index (χ3v) is 1.57. The molecule has 0 spiro atoms. The molecule has 0 aromatic heterocycles. The molecule has 0 radical (unpaired) electrons. The van der Waals surface area contributed by atoms with Crippen molar-refractivity contribution in [1.29, 1.82) is 0 Å². The van der Waals surface area contributed by atoms with Gasteiger partial charge in [-0.2, -0.15) is 0 Å². The van der Waals surface area contributed by atoms with Crippen molar-refractivity contribution in [1.82, 2.24) is 0 Å². The average molecular weight is 127 g/mol. The third-order valence-electron chi connectivity index (χ3n) is 1.57. The molecule has 1 unspecified atom stereocenters. The predicted molar refractivity (Wildman–Crippen MR) is 42.0 cm³/mol. The highest BCUT2D eigenvalue weighted by atomic mass is 14.5. The van der Waals surface area contributed by atoms with Crippen LogP contribution in [0.2, 0.25) is 0 Å². The topological polar surface area (TPSA) is 26.0 Å². The van der Waals surface area contributed by atoms with Gasteiger partial charge in [-0.25, -0.2) is 0 Å². The number of rotatable bonds is 4. The van der Waals surface area contributed by atoms with E-state index in [1.54, 1.807) is 6.20 Å². The van der Waals surface area contributed by atoms with Gasteiger partial charge >= 0.3 is 0 Å². The number of nitrogens with two attached hydrogens (primary N) is 1. The molecule has 0 rings (SSSR count). The molecular formula is C8H17N. The van der Waals surface area contributed by atoms with Gasteiger partial charge in [-0.15, -0.1) is 0 Å². The molecule has 1 atom stereocenters. The summed E-state index contributed by atoms with van der Waals surface area (Å²) in [5, 5.41) is 0. The van der Waals surface area contributed by atoms with Gasteiger partial charge in [0, 0.05) is 0 Å². The molecule has 9 heavy (non-hydrogen) atoms. The maximum atomic E-state index is 5.25. The van der Waals surface area contributed by atoms with Gasteiger partial charge < -0.3 is 5.73 Å². The Hall–Kier alpha value is -0.460. The van der Waals surface area contributed by atoms with E-state index in [-0.39, 0.29) is 0 Å². The summed E-state index contributed by atoms with van der Waals surface area (Å²) in [5.74, 6) is 0.708. The second-order valence-electron chi connectivity index (χ2n) is 2.34. The SMILES string of the molecule is CCCC(C=CN)CC. The molecule has 0 saturated heterocycles. The number of hydrogen-bond donors (Lipinski definition) is 1. The molecule has 0 aliphatic carbocycles. The van der Waals surface area contributed by atoms with Gasteiger partial charge in [-0.1, -0.05) is 26.3 Å². The molecule has 1 heteroatoms. The van der Waals surface area contributed by atoms with Gasteiger partial charge in [0.05, 0.1) is 0 Å². The van der Waals surface area contributed by atoms with E-state index in [0.29, 0.717) is 5.92 Å². The highest BCUT2D eigenvalue weighted by Gasteiger charge is 1.97. The minimum absolute atomic E-state index is 0.708. The molecular weight excluding hydrogens is 110 g/mol. The van der Waals surface area contributed by atoms with Crippen molar-refractivity contribution in [2.24, 2.45) is 11.7 Å². The summed E-state index contributed by atoms with van der Waals surface area (Å²) in [4.78, 5) is 0. The van der Waals surface area contributed by atoms with Crippen LogP contribution in [0, 0.1) is 5.92 Å². The van der Waals surface area contributed by atoms with E-state index in [1.165, 1.54) is 19.3 Å². The zero-order valence-electron chi connectivity index (χ0n) is 6.43. The Balaban J connectivity index is 3.41. The maximum Gasteiger partial charge on any atom is -0.0100 e. The predicted octanol–water partition coefficient (Wildman–Crippen LogP) is 2.29. The largest absolute Gasteiger partial charge is 0.405 e. The van der Waals surface area contributed by atoms with Crippen LogP contribution in [-0.4, -0.2) is 0 Å². The fourth-order valence-corrected chi connectivity index (χ4v) is 0.964. The first-order valence-corrected chi connectivity index (χ1v) is 3.73. The molecule has 54 valence electrons. The van der Waals surface area contributed by atoms with E-state index in [1.807, 2.05) is 0 Å². The lowest BCUT2D eigenvalue weighted by Gasteiger charge is -2.05. The van der Waals surface area contributed by atoms with E-state index in [4.69, 9.17) is 5.73 Å². The van der Waals surface area contributed by atoms with Crippen molar-refractivity contribution in [2.75, 3.05) is 0 Å². The molecule has 0 fully saturated rings. The van der Waals surface area contributed by atoms with Crippen molar-refractivity contribution < 1.29 is 0 Å². The highest BCUT2D eigenvalue weighted by Crippen LogP contribution is 2.10. The van der Waals surface area contributed by atoms with Gasteiger partial charge in [0.15, 0.2) is 0 Å². The van der Waals surface area contributed by atoms with Gasteiger partial charge in [0.25, 0.3) is 0 Å². The number of hydrogen-bond acceptors (Lipinski definition) is 1. The van der Waals surface area contributed by atoms with Crippen LogP contribution in [0.1, 0.15) is 33.1 Å². The van der Waals surface area contributed by atoms with Crippen LogP contribution in [0.15, 0.2) is 12.3 Å². The van der Waals surface area contributed by atoms with Crippen LogP contribution in [0.4, 0.5) is 0 Å². The Morgan fingerprint density at radius 2 is 2.11 bits per heavy atom. The van der Waals surface area contributed by atoms with Gasteiger partial charge in [0.1, 0.15) is 0 Å². The first-order valence-electron chi connectivity index (χ1n) is 3.73. The van der Waals surface area contributed by atoms with Crippen LogP contribution in [0.5, 0.6) is 0 Å². The van der Waals surface area contributed by atoms with Crippen LogP contribution in [-0.2, 0) is 0 Å². The lowest BCUT2D eigenvalue weighted by Crippen LogP contribution is -1.94. The quantitative estimate of drug-likeness (QED) is 0.616. The Bertz CT molecular complexity index is 76.6. The smallest absolute Gasteiger partial charge is 0.0100 e. The summed E-state index contributed by atoms with van der Waals surface area (Å²) < 4.78 is 0. The van der Waals surface area contributed by atoms with E-state index in [2.05, 4.69) is 19.9 Å². The third kappa shape index (κ3) is 4.07. The Morgan fingerprint density at radius 3 is 2.44 bits per heavy atom. The van der Waals surface area contributed by atoms with Crippen LogP contribution >= 0.6 is 0 Å². The zero-order valence-corrected chi connectivity index (χ0v) is 6.43. The molecule has 2 N–H and O–H groups in total. The van der Waals surface area contributed by atoms with Crippen LogP contribution < -0.4 is 5.73 Å². The fraction of sp³-hybridized carbons (Fsp3) is 0.750. The van der Waals surface area contributed by atoms with Crippen molar-refractivity contribution in [3.8, 4) is 0 Å². The molecule has 1 nitrogen and oxygen atoms in total. The van der Waals surface area contributed by atoms with Gasteiger partial charge in [-0.05, 0) is 25.0 Å². The van der Waals surface area contributed by atoms with Crippen molar-refractivity contribution in [3.63, 3.8) is 0 Å². The first-order chi connectivity index (χ1) is 4.35. The molecule has 0 amide bonds. The average Bonchev–Trinajstić information content (AvgIpc) is 1.88. The molecule has 0 aliphatic heterocycles. The minimum atomic E-state index is 0.708. The maximum absolute atomic E-state index is 5.25. The van der Waals surface area contributed by atoms with Crippen LogP contribution in [0.3, 0.4) is 0 Å². The second-order valence-corrected chi connectivity index (χ2v) is 2.34. The normalized spacial score (nSPS) is 14.4. The van der Waals surface area contributed by atoms with Crippen molar-refractivity contribution in [3.05, 3.63) is 12.3 Å². The van der Waals surface area contributed by atoms with E-state index >= 15 is 0 Å². The van der Waals surface area contributed by atoms with Gasteiger partial charge in [0.2, 0.25) is 0 Å². The van der Waals surface area contributed by atoms with Crippen molar-refractivity contribution in [2.45, 2.75) is 33.1 Å². The summed E-state index contributed by atoms with van der Waals surface area (Å²) in [5.41, 5.74) is 5.25. The molecule has 0 aliphatic rings. The van der Waals surface area contributed by atoms with Gasteiger partial charge in [-0.3, -0.25) is 0 Å². The summed E-state index contributed by atoms with van der Waals surface area (Å²) in [6, 6.07) is 0. The van der Waals surface area contributed by atoms with E-state index < -0.39 is 0 Å². The fourth-order valence-electron chi connectivity index (χ4n) is 0.964. The molecule has 0 aromatic rings. The molecule has 0 heterocycles. The lowest BCUT2D eigenvalue weighted by atomic mass is 10.0. The highest BCUT2D eigenvalue weighted by molar-refractivity contribution is 4.83. The number of allylic oxidation sites excluding steroid dienone is 1. The second kappa shape index (κ2) is 5.67. The molecule has 0 aromatic carbocycles. The Morgan fingerprint density at radius 1 is 1.44 bits per heavy atom. The Labute approximate surface area is 57.9 Å². The summed E-state index contributed by atoms with van der Waals surface area (Å²) >= 11 is 0. The molecule has 0 bridgehead atoms. The summed E-state index contributed by atoms with van der Waals surface area (Å²) in [7, 11) is 0. The standard InChI is InChI=1S/C8H17N/c1-3-5-8(4-2)6-7-9/h6-8H,3-5,9H2,1-2H3. The molecule has 0 saturated carbocycles. The zero-order chi connectivity index (χ0) is 7.11. The van der Waals surface area contributed by atoms with Crippen LogP contribution in [0.25, 0.3) is 0 Å². The minimum Gasteiger partial charge on any atom is -0.405 e. The van der Waals surface area contributed by atoms with E-state index in [0.717, 1.165) is 0 Å². The lowest BCUT2D eigenvalue weighted by molar-refractivity contribution is 0.562. The monoisotopic (exact) mass is 127 g/mol.